The summed E-state index contributed by atoms with van der Waals surface area (Å²) in [6, 6.07) is 40.9. The summed E-state index contributed by atoms with van der Waals surface area (Å²) >= 11 is 0. The van der Waals surface area contributed by atoms with Gasteiger partial charge in [-0.15, -0.1) is 0 Å². The number of nitrogens with zero attached hydrogens (tertiary/aromatic N) is 2. The summed E-state index contributed by atoms with van der Waals surface area (Å²) in [5.41, 5.74) is 12.4. The zero-order valence-corrected chi connectivity index (χ0v) is 59.7. The minimum absolute atomic E-state index is 0.00199. The van der Waals surface area contributed by atoms with E-state index in [2.05, 4.69) is 246 Å². The summed E-state index contributed by atoms with van der Waals surface area (Å²) < 4.78 is 51.0. The van der Waals surface area contributed by atoms with Gasteiger partial charge in [0.15, 0.2) is 0 Å². The van der Waals surface area contributed by atoms with Gasteiger partial charge in [-0.25, -0.2) is 8.78 Å². The number of aryl methyl sites for hydroxylation is 2. The van der Waals surface area contributed by atoms with E-state index < -0.39 is 22.5 Å². The van der Waals surface area contributed by atoms with Crippen LogP contribution >= 0.6 is 0 Å². The van der Waals surface area contributed by atoms with Crippen molar-refractivity contribution in [2.75, 3.05) is 13.2 Å². The standard InChI is InChI=1S/C84H102F2N2O4/c1-25-81(17,18)83(21,22)55-39-63(73(89)71(45-55)87-67-41-51(77(5,6)7)27-31-59(67)60-32-28-52(42-68(60)87)78(8,9)10)65-47-57(85)37-49(3)75(65)91-35-36-92-76-50(4)38-58(86)48-66(76)64-40-56(84(23,24)82(19,20)26-2)46-72(74(64)90)88-69-43-53(79(11,12)13)29-33-61(69)62-34-30-54(44-70(62)88)80(14,15)16/h27-34,37-48,89-90H,25-26,35-36H2,1-24H3. The molecule has 8 heteroatoms. The first-order valence-corrected chi connectivity index (χ1v) is 33.3. The number of aromatic hydroxyl groups is 2. The largest absolute Gasteiger partial charge is 0.505 e. The van der Waals surface area contributed by atoms with Gasteiger partial charge in [0.25, 0.3) is 0 Å². The molecule has 2 heterocycles. The number of phenols is 2. The number of hydrogen-bond donors (Lipinski definition) is 2. The van der Waals surface area contributed by atoms with Crippen molar-refractivity contribution in [1.82, 2.24) is 9.13 Å². The fraction of sp³-hybridized carbons (Fsp3) is 0.429. The van der Waals surface area contributed by atoms with Crippen LogP contribution < -0.4 is 9.47 Å². The van der Waals surface area contributed by atoms with Crippen LogP contribution in [-0.2, 0) is 32.5 Å². The van der Waals surface area contributed by atoms with Crippen molar-refractivity contribution in [3.8, 4) is 56.6 Å². The summed E-state index contributed by atoms with van der Waals surface area (Å²) in [7, 11) is 0. The van der Waals surface area contributed by atoms with Crippen molar-refractivity contribution in [2.45, 2.75) is 212 Å². The Hall–Kier alpha value is -7.58. The van der Waals surface area contributed by atoms with Gasteiger partial charge < -0.3 is 28.8 Å². The van der Waals surface area contributed by atoms with Gasteiger partial charge in [-0.2, -0.15) is 0 Å². The molecule has 0 aliphatic rings. The van der Waals surface area contributed by atoms with Gasteiger partial charge in [0.1, 0.15) is 47.8 Å². The zero-order chi connectivity index (χ0) is 67.7. The number of aromatic nitrogens is 2. The molecule has 8 aromatic carbocycles. The van der Waals surface area contributed by atoms with E-state index in [1.54, 1.807) is 0 Å². The minimum atomic E-state index is -0.467. The van der Waals surface area contributed by atoms with Gasteiger partial charge in [-0.05, 0) is 174 Å². The number of halogens is 2. The summed E-state index contributed by atoms with van der Waals surface area (Å²) in [6.07, 6.45) is 1.76. The molecule has 0 amide bonds. The summed E-state index contributed by atoms with van der Waals surface area (Å²) in [6.45, 7) is 52.8. The second-order valence-electron chi connectivity index (χ2n) is 33.0. The number of rotatable bonds is 15. The van der Waals surface area contributed by atoms with E-state index in [4.69, 9.17) is 9.47 Å². The highest BCUT2D eigenvalue weighted by atomic mass is 19.1. The molecule has 92 heavy (non-hydrogen) atoms. The Morgan fingerprint density at radius 3 is 0.870 bits per heavy atom. The summed E-state index contributed by atoms with van der Waals surface area (Å²) in [4.78, 5) is 0. The lowest BCUT2D eigenvalue weighted by Crippen LogP contribution is -2.36. The third kappa shape index (κ3) is 11.8. The number of ether oxygens (including phenoxy) is 2. The molecule has 2 aromatic heterocycles. The van der Waals surface area contributed by atoms with E-state index in [0.29, 0.717) is 56.3 Å². The molecule has 0 aliphatic heterocycles. The van der Waals surface area contributed by atoms with Crippen LogP contribution in [0.3, 0.4) is 0 Å². The van der Waals surface area contributed by atoms with E-state index in [1.807, 2.05) is 26.0 Å². The number of benzene rings is 8. The monoisotopic (exact) mass is 1240 g/mol. The molecule has 0 atom stereocenters. The topological polar surface area (TPSA) is 68.8 Å². The lowest BCUT2D eigenvalue weighted by molar-refractivity contribution is 0.189. The predicted octanol–water partition coefficient (Wildman–Crippen LogP) is 23.6. The molecule has 486 valence electrons. The van der Waals surface area contributed by atoms with Crippen molar-refractivity contribution in [1.29, 1.82) is 0 Å². The van der Waals surface area contributed by atoms with E-state index >= 15 is 8.78 Å². The number of fused-ring (bicyclic) bond motifs is 6. The molecule has 10 aromatic rings. The van der Waals surface area contributed by atoms with Crippen molar-refractivity contribution in [2.24, 2.45) is 10.8 Å². The number of hydrogen-bond acceptors (Lipinski definition) is 4. The molecule has 0 radical (unpaired) electrons. The van der Waals surface area contributed by atoms with Crippen LogP contribution in [0.15, 0.2) is 121 Å². The molecular weight excluding hydrogens is 1140 g/mol. The van der Waals surface area contributed by atoms with E-state index in [0.717, 1.165) is 89.8 Å². The Morgan fingerprint density at radius 1 is 0.348 bits per heavy atom. The molecule has 6 nitrogen and oxygen atoms in total. The first kappa shape index (κ1) is 67.3. The Balaban J connectivity index is 1.13. The van der Waals surface area contributed by atoms with Crippen LogP contribution in [-0.4, -0.2) is 32.6 Å². The summed E-state index contributed by atoms with van der Waals surface area (Å²) in [5, 5.41) is 30.9. The Labute approximate surface area is 548 Å². The van der Waals surface area contributed by atoms with Crippen LogP contribution in [0.2, 0.25) is 0 Å². The highest BCUT2D eigenvalue weighted by molar-refractivity contribution is 6.11. The van der Waals surface area contributed by atoms with Crippen LogP contribution in [0.1, 0.15) is 210 Å². The SMILES string of the molecule is CCC(C)(C)C(C)(C)c1cc(-c2cc(F)cc(C)c2OCCOc2c(C)cc(F)cc2-c2cc(C(C)(C)C(C)(C)CC)cc(-n3c4cc(C(C)(C)C)ccc4c4ccc(C(C)(C)C)cc43)c2O)c(O)c(-n2c3cc(C(C)(C)C)ccc3c3ccc(C(C)(C)C)cc32)c1. The number of phenolic OH excluding ortho intramolecular Hbond substituents is 2. The maximum Gasteiger partial charge on any atom is 0.147 e. The molecule has 0 saturated heterocycles. The Kier molecular flexibility index (Phi) is 16.9. The smallest absolute Gasteiger partial charge is 0.147 e. The second-order valence-corrected chi connectivity index (χ2v) is 33.0. The van der Waals surface area contributed by atoms with Gasteiger partial charge in [-0.1, -0.05) is 214 Å². The third-order valence-corrected chi connectivity index (χ3v) is 21.9. The van der Waals surface area contributed by atoms with Crippen LogP contribution in [0.25, 0.3) is 77.2 Å². The lowest BCUT2D eigenvalue weighted by Gasteiger charge is -2.42. The fourth-order valence-corrected chi connectivity index (χ4v) is 13.3. The van der Waals surface area contributed by atoms with Crippen LogP contribution in [0.5, 0.6) is 23.0 Å². The minimum Gasteiger partial charge on any atom is -0.505 e. The molecule has 0 saturated carbocycles. The van der Waals surface area contributed by atoms with Crippen LogP contribution in [0, 0.1) is 36.3 Å². The molecule has 0 fully saturated rings. The quantitative estimate of drug-likeness (QED) is 0.100. The van der Waals surface area contributed by atoms with Gasteiger partial charge >= 0.3 is 0 Å². The van der Waals surface area contributed by atoms with Crippen molar-refractivity contribution in [3.63, 3.8) is 0 Å². The predicted molar refractivity (Wildman–Crippen MR) is 385 cm³/mol. The van der Waals surface area contributed by atoms with E-state index in [-0.39, 0.29) is 57.2 Å². The first-order chi connectivity index (χ1) is 42.5. The van der Waals surface area contributed by atoms with Gasteiger partial charge in [0.2, 0.25) is 0 Å². The van der Waals surface area contributed by atoms with Gasteiger partial charge in [-0.3, -0.25) is 0 Å². The first-order valence-electron chi connectivity index (χ1n) is 33.3. The van der Waals surface area contributed by atoms with E-state index in [9.17, 15) is 10.2 Å². The van der Waals surface area contributed by atoms with E-state index in [1.165, 1.54) is 24.3 Å². The molecule has 2 N–H and O–H groups in total. The molecule has 0 bridgehead atoms. The molecule has 0 spiro atoms. The molecule has 10 rings (SSSR count). The van der Waals surface area contributed by atoms with Crippen LogP contribution in [0.4, 0.5) is 8.78 Å². The second kappa shape index (κ2) is 23.2. The van der Waals surface area contributed by atoms with Gasteiger partial charge in [0.05, 0.1) is 33.4 Å². The highest BCUT2D eigenvalue weighted by Crippen LogP contribution is 2.53. The van der Waals surface area contributed by atoms with Crippen molar-refractivity contribution in [3.05, 3.63) is 177 Å². The molecule has 0 aliphatic carbocycles. The van der Waals surface area contributed by atoms with Crippen molar-refractivity contribution < 1.29 is 28.5 Å². The Bertz CT molecular complexity index is 4100. The Morgan fingerprint density at radius 2 is 0.620 bits per heavy atom. The van der Waals surface area contributed by atoms with Crippen molar-refractivity contribution >= 4 is 43.6 Å². The average Bonchev–Trinajstić information content (AvgIpc) is 1.50. The zero-order valence-electron chi connectivity index (χ0n) is 59.7. The maximum atomic E-state index is 16.4. The summed E-state index contributed by atoms with van der Waals surface area (Å²) in [5.74, 6) is -0.146. The molecule has 0 unspecified atom stereocenters. The molecular formula is C84H102F2N2O4. The highest BCUT2D eigenvalue weighted by Gasteiger charge is 2.41. The fourth-order valence-electron chi connectivity index (χ4n) is 13.3. The van der Waals surface area contributed by atoms with Gasteiger partial charge in [0, 0.05) is 43.8 Å². The maximum absolute atomic E-state index is 16.4. The third-order valence-electron chi connectivity index (χ3n) is 21.9. The average molecular weight is 1240 g/mol. The normalized spacial score (nSPS) is 13.4. The lowest BCUT2D eigenvalue weighted by atomic mass is 9.62.